The third kappa shape index (κ3) is 5.11. The molecule has 0 aliphatic carbocycles. The van der Waals surface area contributed by atoms with Crippen molar-refractivity contribution in [2.24, 2.45) is 0 Å². The highest BCUT2D eigenvalue weighted by molar-refractivity contribution is 7.92. The number of aryl methyl sites for hydroxylation is 1. The van der Waals surface area contributed by atoms with Gasteiger partial charge in [-0.1, -0.05) is 48.5 Å². The number of amides is 1. The van der Waals surface area contributed by atoms with E-state index in [2.05, 4.69) is 12.1 Å². The molecule has 0 spiro atoms. The number of nitrogens with one attached hydrogen (secondary N) is 1. The van der Waals surface area contributed by atoms with Crippen molar-refractivity contribution in [3.63, 3.8) is 0 Å². The van der Waals surface area contributed by atoms with Gasteiger partial charge in [-0.15, -0.1) is 0 Å². The van der Waals surface area contributed by atoms with E-state index in [0.29, 0.717) is 18.8 Å². The summed E-state index contributed by atoms with van der Waals surface area (Å²) in [6.45, 7) is 5.66. The molecule has 1 N–H and O–H groups in total. The minimum atomic E-state index is -3.55. The minimum absolute atomic E-state index is 0.146. The van der Waals surface area contributed by atoms with Gasteiger partial charge in [-0.05, 0) is 18.6 Å². The van der Waals surface area contributed by atoms with Gasteiger partial charge in [0.1, 0.15) is 13.1 Å². The Balaban J connectivity index is 1.62. The highest BCUT2D eigenvalue weighted by atomic mass is 32.2. The smallest absolute Gasteiger partial charge is 0.243 e. The SMILES string of the molecule is Cc1ccccc1N(CC(=O)N1CC[NH+](Cc2ccccc2)CC1)S(C)(=O)=O. The molecule has 28 heavy (non-hydrogen) atoms. The van der Waals surface area contributed by atoms with Gasteiger partial charge in [0.15, 0.2) is 0 Å². The zero-order valence-electron chi connectivity index (χ0n) is 16.5. The quantitative estimate of drug-likeness (QED) is 0.773. The number of rotatable bonds is 6. The molecule has 0 radical (unpaired) electrons. The van der Waals surface area contributed by atoms with E-state index in [1.54, 1.807) is 17.0 Å². The first-order valence-corrected chi connectivity index (χ1v) is 11.4. The Hall–Kier alpha value is -2.38. The number of quaternary nitrogens is 1. The van der Waals surface area contributed by atoms with Gasteiger partial charge in [0, 0.05) is 5.56 Å². The van der Waals surface area contributed by atoms with Crippen LogP contribution in [0.1, 0.15) is 11.1 Å². The standard InChI is InChI=1S/C21H27N3O3S/c1-18-8-6-7-11-20(18)24(28(2,26)27)17-21(25)23-14-12-22(13-15-23)16-19-9-4-3-5-10-19/h3-11H,12-17H2,1-2H3/p+1. The number of para-hydroxylation sites is 1. The Labute approximate surface area is 167 Å². The fourth-order valence-electron chi connectivity index (χ4n) is 3.58. The summed E-state index contributed by atoms with van der Waals surface area (Å²) in [5.74, 6) is -0.146. The molecule has 0 bridgehead atoms. The number of carbonyl (C=O) groups is 1. The predicted molar refractivity (Wildman–Crippen MR) is 111 cm³/mol. The topological polar surface area (TPSA) is 62.1 Å². The number of carbonyl (C=O) groups excluding carboxylic acids is 1. The molecule has 1 fully saturated rings. The van der Waals surface area contributed by atoms with E-state index in [1.165, 1.54) is 14.8 Å². The first-order chi connectivity index (χ1) is 13.3. The summed E-state index contributed by atoms with van der Waals surface area (Å²) in [5.41, 5.74) is 2.68. The highest BCUT2D eigenvalue weighted by Crippen LogP contribution is 2.22. The van der Waals surface area contributed by atoms with Crippen LogP contribution in [0, 0.1) is 6.92 Å². The van der Waals surface area contributed by atoms with E-state index in [9.17, 15) is 13.2 Å². The van der Waals surface area contributed by atoms with Gasteiger partial charge in [0.25, 0.3) is 0 Å². The lowest BCUT2D eigenvalue weighted by molar-refractivity contribution is -0.917. The van der Waals surface area contributed by atoms with Crippen LogP contribution < -0.4 is 9.21 Å². The van der Waals surface area contributed by atoms with Crippen LogP contribution in [0.3, 0.4) is 0 Å². The molecule has 3 rings (SSSR count). The van der Waals surface area contributed by atoms with Crippen LogP contribution in [0.4, 0.5) is 5.69 Å². The van der Waals surface area contributed by atoms with E-state index in [4.69, 9.17) is 0 Å². The van der Waals surface area contributed by atoms with Crippen molar-refractivity contribution in [3.8, 4) is 0 Å². The summed E-state index contributed by atoms with van der Waals surface area (Å²) in [7, 11) is -3.55. The van der Waals surface area contributed by atoms with E-state index in [-0.39, 0.29) is 12.5 Å². The second-order valence-corrected chi connectivity index (χ2v) is 9.26. The van der Waals surface area contributed by atoms with E-state index in [1.807, 2.05) is 37.3 Å². The summed E-state index contributed by atoms with van der Waals surface area (Å²) >= 11 is 0. The van der Waals surface area contributed by atoms with Crippen LogP contribution in [0.5, 0.6) is 0 Å². The third-order valence-electron chi connectivity index (χ3n) is 5.18. The molecular formula is C21H28N3O3S+. The number of hydrogen-bond donors (Lipinski definition) is 1. The zero-order chi connectivity index (χ0) is 20.1. The van der Waals surface area contributed by atoms with Gasteiger partial charge in [0.05, 0.1) is 38.1 Å². The van der Waals surface area contributed by atoms with Crippen LogP contribution in [0.2, 0.25) is 0 Å². The van der Waals surface area contributed by atoms with Gasteiger partial charge in [-0.3, -0.25) is 9.10 Å². The van der Waals surface area contributed by atoms with E-state index < -0.39 is 10.0 Å². The van der Waals surface area contributed by atoms with Crippen molar-refractivity contribution in [2.45, 2.75) is 13.5 Å². The lowest BCUT2D eigenvalue weighted by atomic mass is 10.2. The maximum absolute atomic E-state index is 12.8. The van der Waals surface area contributed by atoms with E-state index in [0.717, 1.165) is 31.5 Å². The molecule has 1 heterocycles. The maximum Gasteiger partial charge on any atom is 0.243 e. The fraction of sp³-hybridized carbons (Fsp3) is 0.381. The second kappa shape index (κ2) is 8.75. The molecular weight excluding hydrogens is 374 g/mol. The maximum atomic E-state index is 12.8. The Morgan fingerprint density at radius 2 is 1.64 bits per heavy atom. The number of benzene rings is 2. The largest absolute Gasteiger partial charge is 0.330 e. The van der Waals surface area contributed by atoms with Crippen molar-refractivity contribution in [1.29, 1.82) is 0 Å². The summed E-state index contributed by atoms with van der Waals surface area (Å²) < 4.78 is 25.8. The second-order valence-electron chi connectivity index (χ2n) is 7.35. The molecule has 2 aromatic rings. The average molecular weight is 403 g/mol. The minimum Gasteiger partial charge on any atom is -0.330 e. The molecule has 0 unspecified atom stereocenters. The van der Waals surface area contributed by atoms with Crippen molar-refractivity contribution < 1.29 is 18.1 Å². The highest BCUT2D eigenvalue weighted by Gasteiger charge is 2.28. The fourth-order valence-corrected chi connectivity index (χ4v) is 4.49. The molecule has 0 saturated carbocycles. The zero-order valence-corrected chi connectivity index (χ0v) is 17.3. The first-order valence-electron chi connectivity index (χ1n) is 9.53. The molecule has 1 aliphatic rings. The summed E-state index contributed by atoms with van der Waals surface area (Å²) in [6.07, 6.45) is 1.15. The van der Waals surface area contributed by atoms with Crippen LogP contribution in [-0.2, 0) is 21.4 Å². The molecule has 0 atom stereocenters. The van der Waals surface area contributed by atoms with Crippen LogP contribution >= 0.6 is 0 Å². The molecule has 7 heteroatoms. The predicted octanol–water partition coefficient (Wildman–Crippen LogP) is 0.688. The number of anilines is 1. The van der Waals surface area contributed by atoms with Crippen LogP contribution in [0.25, 0.3) is 0 Å². The molecule has 1 aliphatic heterocycles. The molecule has 6 nitrogen and oxygen atoms in total. The van der Waals surface area contributed by atoms with Crippen molar-refractivity contribution in [3.05, 3.63) is 65.7 Å². The molecule has 1 saturated heterocycles. The number of nitrogens with zero attached hydrogens (tertiary/aromatic N) is 2. The Morgan fingerprint density at radius 3 is 2.25 bits per heavy atom. The average Bonchev–Trinajstić information content (AvgIpc) is 2.67. The lowest BCUT2D eigenvalue weighted by Gasteiger charge is -2.34. The number of hydrogen-bond acceptors (Lipinski definition) is 3. The van der Waals surface area contributed by atoms with Crippen LogP contribution in [0.15, 0.2) is 54.6 Å². The Morgan fingerprint density at radius 1 is 1.04 bits per heavy atom. The van der Waals surface area contributed by atoms with Crippen molar-refractivity contribution >= 4 is 21.6 Å². The lowest BCUT2D eigenvalue weighted by Crippen LogP contribution is -3.13. The molecule has 2 aromatic carbocycles. The molecule has 0 aromatic heterocycles. The van der Waals surface area contributed by atoms with Crippen molar-refractivity contribution in [2.75, 3.05) is 43.3 Å². The first kappa shape index (κ1) is 20.4. The summed E-state index contributed by atoms with van der Waals surface area (Å²) in [6, 6.07) is 17.6. The molecule has 150 valence electrons. The van der Waals surface area contributed by atoms with Crippen molar-refractivity contribution in [1.82, 2.24) is 4.90 Å². The Kier molecular flexibility index (Phi) is 6.36. The Bertz CT molecular complexity index is 908. The van der Waals surface area contributed by atoms with Gasteiger partial charge >= 0.3 is 0 Å². The number of piperazine rings is 1. The molecule has 1 amide bonds. The number of sulfonamides is 1. The third-order valence-corrected chi connectivity index (χ3v) is 6.31. The van der Waals surface area contributed by atoms with E-state index >= 15 is 0 Å². The van der Waals surface area contributed by atoms with Gasteiger partial charge in [-0.2, -0.15) is 0 Å². The monoisotopic (exact) mass is 402 g/mol. The van der Waals surface area contributed by atoms with Gasteiger partial charge in [0.2, 0.25) is 15.9 Å². The normalized spacial score (nSPS) is 15.4. The summed E-state index contributed by atoms with van der Waals surface area (Å²) in [5, 5.41) is 0. The van der Waals surface area contributed by atoms with Crippen LogP contribution in [-0.4, -0.2) is 58.2 Å². The van der Waals surface area contributed by atoms with Gasteiger partial charge in [-0.25, -0.2) is 8.42 Å². The van der Waals surface area contributed by atoms with Gasteiger partial charge < -0.3 is 9.80 Å². The summed E-state index contributed by atoms with van der Waals surface area (Å²) in [4.78, 5) is 16.0.